The Bertz CT molecular complexity index is 788. The van der Waals surface area contributed by atoms with E-state index in [0.717, 1.165) is 11.5 Å². The van der Waals surface area contributed by atoms with Crippen LogP contribution in [0.1, 0.15) is 26.7 Å². The van der Waals surface area contributed by atoms with Crippen LogP contribution in [0.2, 0.25) is 0 Å². The van der Waals surface area contributed by atoms with Crippen molar-refractivity contribution in [3.8, 4) is 5.75 Å². The van der Waals surface area contributed by atoms with Gasteiger partial charge < -0.3 is 14.8 Å². The molecule has 142 valence electrons. The average molecular weight is 367 g/mol. The van der Waals surface area contributed by atoms with Crippen molar-refractivity contribution >= 4 is 11.9 Å². The third kappa shape index (κ3) is 6.29. The molecule has 0 radical (unpaired) electrons. The molecule has 0 aromatic heterocycles. The molecule has 1 amide bonds. The molecule has 27 heavy (non-hydrogen) atoms. The number of para-hydroxylation sites is 1. The van der Waals surface area contributed by atoms with E-state index in [2.05, 4.69) is 5.32 Å². The number of allylic oxidation sites excluding steroid dienone is 6. The minimum atomic E-state index is -0.406. The maximum absolute atomic E-state index is 12.0. The lowest BCUT2D eigenvalue weighted by atomic mass is 9.96. The fourth-order valence-electron chi connectivity index (χ4n) is 2.74. The number of rotatable bonds is 6. The van der Waals surface area contributed by atoms with E-state index in [4.69, 9.17) is 9.47 Å². The van der Waals surface area contributed by atoms with Crippen LogP contribution in [0.3, 0.4) is 0 Å². The SMILES string of the molecule is C\C=C(/C=C\C=C\C1CC(=O)NC(C)=C(C(=O)OC)C1)Oc1ccccc1. The Hall–Kier alpha value is -3.08. The van der Waals surface area contributed by atoms with Gasteiger partial charge in [-0.3, -0.25) is 4.79 Å². The van der Waals surface area contributed by atoms with E-state index in [1.807, 2.05) is 67.6 Å². The van der Waals surface area contributed by atoms with Crippen molar-refractivity contribution in [2.45, 2.75) is 26.7 Å². The number of nitrogens with one attached hydrogen (secondary N) is 1. The molecule has 1 aliphatic heterocycles. The third-order valence-electron chi connectivity index (χ3n) is 4.14. The van der Waals surface area contributed by atoms with Crippen molar-refractivity contribution in [1.29, 1.82) is 0 Å². The van der Waals surface area contributed by atoms with E-state index in [1.54, 1.807) is 6.92 Å². The summed E-state index contributed by atoms with van der Waals surface area (Å²) < 4.78 is 10.6. The summed E-state index contributed by atoms with van der Waals surface area (Å²) >= 11 is 0. The van der Waals surface area contributed by atoms with Gasteiger partial charge in [0.25, 0.3) is 0 Å². The molecule has 0 spiro atoms. The van der Waals surface area contributed by atoms with Crippen LogP contribution in [0.5, 0.6) is 5.75 Å². The zero-order valence-electron chi connectivity index (χ0n) is 15.9. The first-order valence-corrected chi connectivity index (χ1v) is 8.85. The second-order valence-electron chi connectivity index (χ2n) is 6.16. The lowest BCUT2D eigenvalue weighted by molar-refractivity contribution is -0.136. The highest BCUT2D eigenvalue weighted by Crippen LogP contribution is 2.23. The maximum Gasteiger partial charge on any atom is 0.335 e. The quantitative estimate of drug-likeness (QED) is 0.468. The van der Waals surface area contributed by atoms with Gasteiger partial charge >= 0.3 is 5.97 Å². The number of amides is 1. The van der Waals surface area contributed by atoms with Crippen LogP contribution in [-0.2, 0) is 14.3 Å². The van der Waals surface area contributed by atoms with E-state index >= 15 is 0 Å². The number of methoxy groups -OCH3 is 1. The van der Waals surface area contributed by atoms with Gasteiger partial charge in [0.1, 0.15) is 11.5 Å². The molecule has 0 saturated heterocycles. The van der Waals surface area contributed by atoms with Gasteiger partial charge in [-0.2, -0.15) is 0 Å². The van der Waals surface area contributed by atoms with Crippen molar-refractivity contribution in [3.05, 3.63) is 77.7 Å². The van der Waals surface area contributed by atoms with E-state index in [9.17, 15) is 9.59 Å². The standard InChI is InChI=1S/C22H25NO4/c1-4-18(27-19-12-6-5-7-13-19)11-9-8-10-17-14-20(22(25)26-3)16(2)23-21(24)15-17/h4-13,17H,14-15H2,1-3H3,(H,23,24)/b10-8+,11-9-,18-4+. The number of benzene rings is 1. The zero-order chi connectivity index (χ0) is 19.6. The highest BCUT2D eigenvalue weighted by atomic mass is 16.5. The second kappa shape index (κ2) is 10.2. The Kier molecular flexibility index (Phi) is 7.62. The van der Waals surface area contributed by atoms with Crippen molar-refractivity contribution in [2.24, 2.45) is 5.92 Å². The first kappa shape index (κ1) is 20.2. The van der Waals surface area contributed by atoms with E-state index in [1.165, 1.54) is 7.11 Å². The molecule has 1 N–H and O–H groups in total. The summed E-state index contributed by atoms with van der Waals surface area (Å²) in [5, 5.41) is 2.74. The normalized spacial score (nSPS) is 18.6. The number of ether oxygens (including phenoxy) is 2. The molecular formula is C22H25NO4. The van der Waals surface area contributed by atoms with Gasteiger partial charge in [0.2, 0.25) is 5.91 Å². The van der Waals surface area contributed by atoms with Gasteiger partial charge in [-0.15, -0.1) is 0 Å². The summed E-state index contributed by atoms with van der Waals surface area (Å²) in [6, 6.07) is 9.54. The van der Waals surface area contributed by atoms with E-state index in [-0.39, 0.29) is 11.8 Å². The Morgan fingerprint density at radius 2 is 1.93 bits per heavy atom. The number of esters is 1. The van der Waals surface area contributed by atoms with Crippen LogP contribution >= 0.6 is 0 Å². The number of hydrogen-bond donors (Lipinski definition) is 1. The predicted molar refractivity (Wildman–Crippen MR) is 105 cm³/mol. The molecule has 0 saturated carbocycles. The van der Waals surface area contributed by atoms with Gasteiger partial charge in [-0.05, 0) is 50.5 Å². The van der Waals surface area contributed by atoms with Crippen LogP contribution in [0.25, 0.3) is 0 Å². The molecule has 1 aliphatic rings. The molecule has 0 bridgehead atoms. The van der Waals surface area contributed by atoms with E-state index < -0.39 is 5.97 Å². The largest absolute Gasteiger partial charge is 0.466 e. The molecule has 1 unspecified atom stereocenters. The molecule has 1 aromatic carbocycles. The van der Waals surface area contributed by atoms with Crippen molar-refractivity contribution in [2.75, 3.05) is 7.11 Å². The molecule has 0 fully saturated rings. The summed E-state index contributed by atoms with van der Waals surface area (Å²) in [5.41, 5.74) is 1.06. The maximum atomic E-state index is 12.0. The van der Waals surface area contributed by atoms with Crippen LogP contribution in [-0.4, -0.2) is 19.0 Å². The molecule has 2 rings (SSSR count). The fraction of sp³-hybridized carbons (Fsp3) is 0.273. The van der Waals surface area contributed by atoms with E-state index in [0.29, 0.717) is 24.1 Å². The molecule has 1 aromatic rings. The molecule has 5 heteroatoms. The Morgan fingerprint density at radius 3 is 2.59 bits per heavy atom. The molecule has 5 nitrogen and oxygen atoms in total. The summed E-state index contributed by atoms with van der Waals surface area (Å²) in [7, 11) is 1.34. The van der Waals surface area contributed by atoms with Crippen LogP contribution < -0.4 is 10.1 Å². The highest BCUT2D eigenvalue weighted by Gasteiger charge is 2.24. The minimum absolute atomic E-state index is 0.0784. The van der Waals surface area contributed by atoms with Crippen LogP contribution in [0, 0.1) is 5.92 Å². The second-order valence-corrected chi connectivity index (χ2v) is 6.16. The number of carbonyl (C=O) groups is 2. The lowest BCUT2D eigenvalue weighted by Crippen LogP contribution is -2.21. The summed E-state index contributed by atoms with van der Waals surface area (Å²) in [6.07, 6.45) is 10.1. The van der Waals surface area contributed by atoms with Crippen LogP contribution in [0.4, 0.5) is 0 Å². The van der Waals surface area contributed by atoms with Gasteiger partial charge in [-0.1, -0.05) is 36.4 Å². The monoisotopic (exact) mass is 367 g/mol. The summed E-state index contributed by atoms with van der Waals surface area (Å²) in [4.78, 5) is 23.9. The predicted octanol–water partition coefficient (Wildman–Crippen LogP) is 4.05. The molecular weight excluding hydrogens is 342 g/mol. The fourth-order valence-corrected chi connectivity index (χ4v) is 2.74. The van der Waals surface area contributed by atoms with Gasteiger partial charge in [-0.25, -0.2) is 4.79 Å². The smallest absolute Gasteiger partial charge is 0.335 e. The molecule has 1 heterocycles. The first-order valence-electron chi connectivity index (χ1n) is 8.85. The summed E-state index contributed by atoms with van der Waals surface area (Å²) in [6.45, 7) is 3.62. The van der Waals surface area contributed by atoms with Crippen molar-refractivity contribution < 1.29 is 19.1 Å². The molecule has 0 aliphatic carbocycles. The zero-order valence-corrected chi connectivity index (χ0v) is 15.9. The lowest BCUT2D eigenvalue weighted by Gasteiger charge is -2.10. The minimum Gasteiger partial charge on any atom is -0.466 e. The third-order valence-corrected chi connectivity index (χ3v) is 4.14. The molecule has 1 atom stereocenters. The Morgan fingerprint density at radius 1 is 1.19 bits per heavy atom. The Labute approximate surface area is 160 Å². The highest BCUT2D eigenvalue weighted by molar-refractivity contribution is 5.91. The topological polar surface area (TPSA) is 64.6 Å². The van der Waals surface area contributed by atoms with Gasteiger partial charge in [0.15, 0.2) is 0 Å². The van der Waals surface area contributed by atoms with Crippen LogP contribution in [0.15, 0.2) is 77.7 Å². The number of carbonyl (C=O) groups excluding carboxylic acids is 2. The van der Waals surface area contributed by atoms with Crippen molar-refractivity contribution in [3.63, 3.8) is 0 Å². The average Bonchev–Trinajstić information content (AvgIpc) is 2.81. The Balaban J connectivity index is 2.02. The summed E-state index contributed by atoms with van der Waals surface area (Å²) in [5.74, 6) is 0.895. The van der Waals surface area contributed by atoms with Gasteiger partial charge in [0.05, 0.1) is 12.7 Å². The van der Waals surface area contributed by atoms with Crippen molar-refractivity contribution in [1.82, 2.24) is 5.32 Å². The number of hydrogen-bond acceptors (Lipinski definition) is 4. The first-order chi connectivity index (χ1) is 13.0. The van der Waals surface area contributed by atoms with Gasteiger partial charge in [0, 0.05) is 12.1 Å².